The SMILES string of the molecule is CC12CC3CC(C)(C1)CC(NCCC1CC1)(C3)C2. The van der Waals surface area contributed by atoms with Crippen molar-refractivity contribution >= 4 is 0 Å². The van der Waals surface area contributed by atoms with E-state index in [1.165, 1.54) is 64.3 Å². The van der Waals surface area contributed by atoms with E-state index in [1.54, 1.807) is 0 Å². The fraction of sp³-hybridized carbons (Fsp3) is 1.00. The zero-order valence-electron chi connectivity index (χ0n) is 12.2. The quantitative estimate of drug-likeness (QED) is 0.788. The molecule has 18 heavy (non-hydrogen) atoms. The van der Waals surface area contributed by atoms with Crippen molar-refractivity contribution in [3.8, 4) is 0 Å². The first-order valence-electron chi connectivity index (χ1n) is 8.24. The minimum atomic E-state index is 0.539. The van der Waals surface area contributed by atoms with Gasteiger partial charge in [-0.3, -0.25) is 0 Å². The maximum atomic E-state index is 4.05. The van der Waals surface area contributed by atoms with Crippen molar-refractivity contribution in [2.45, 2.75) is 77.2 Å². The molecule has 0 aromatic carbocycles. The Bertz CT molecular complexity index is 339. The zero-order valence-corrected chi connectivity index (χ0v) is 12.2. The smallest absolute Gasteiger partial charge is 0.0194 e. The molecule has 1 heteroatoms. The molecule has 0 aliphatic heterocycles. The Morgan fingerprint density at radius 3 is 2.17 bits per heavy atom. The molecule has 0 aromatic rings. The highest BCUT2D eigenvalue weighted by molar-refractivity contribution is 5.14. The second kappa shape index (κ2) is 3.53. The first-order valence-corrected chi connectivity index (χ1v) is 8.24. The fourth-order valence-corrected chi connectivity index (χ4v) is 6.59. The lowest BCUT2D eigenvalue weighted by molar-refractivity contribution is -0.117. The molecule has 0 spiro atoms. The van der Waals surface area contributed by atoms with Gasteiger partial charge in [0.1, 0.15) is 0 Å². The van der Waals surface area contributed by atoms with E-state index in [2.05, 4.69) is 19.2 Å². The Hall–Kier alpha value is -0.0400. The maximum absolute atomic E-state index is 4.05. The third-order valence-electron chi connectivity index (χ3n) is 6.38. The summed E-state index contributed by atoms with van der Waals surface area (Å²) in [6.07, 6.45) is 13.4. The molecule has 0 aromatic heterocycles. The van der Waals surface area contributed by atoms with Crippen molar-refractivity contribution in [1.82, 2.24) is 5.32 Å². The van der Waals surface area contributed by atoms with Crippen molar-refractivity contribution in [2.24, 2.45) is 22.7 Å². The van der Waals surface area contributed by atoms with Gasteiger partial charge in [-0.25, -0.2) is 0 Å². The maximum Gasteiger partial charge on any atom is 0.0194 e. The van der Waals surface area contributed by atoms with Crippen LogP contribution in [0.2, 0.25) is 0 Å². The Balaban J connectivity index is 1.49. The molecule has 1 nitrogen and oxygen atoms in total. The van der Waals surface area contributed by atoms with Gasteiger partial charge in [0, 0.05) is 5.54 Å². The molecule has 2 atom stereocenters. The van der Waals surface area contributed by atoms with Gasteiger partial charge >= 0.3 is 0 Å². The summed E-state index contributed by atoms with van der Waals surface area (Å²) in [6.45, 7) is 6.45. The monoisotopic (exact) mass is 247 g/mol. The molecule has 102 valence electrons. The van der Waals surface area contributed by atoms with Gasteiger partial charge < -0.3 is 5.32 Å². The van der Waals surface area contributed by atoms with E-state index in [1.807, 2.05) is 0 Å². The molecular formula is C17H29N. The molecule has 5 aliphatic carbocycles. The van der Waals surface area contributed by atoms with Crippen LogP contribution in [0.5, 0.6) is 0 Å². The van der Waals surface area contributed by atoms with Gasteiger partial charge in [-0.2, -0.15) is 0 Å². The van der Waals surface area contributed by atoms with Crippen molar-refractivity contribution in [2.75, 3.05) is 6.54 Å². The van der Waals surface area contributed by atoms with Gasteiger partial charge in [-0.05, 0) is 74.2 Å². The molecule has 5 saturated carbocycles. The average Bonchev–Trinajstić information content (AvgIpc) is 2.94. The number of hydrogen-bond acceptors (Lipinski definition) is 1. The van der Waals surface area contributed by atoms with Gasteiger partial charge in [0.2, 0.25) is 0 Å². The van der Waals surface area contributed by atoms with Crippen LogP contribution in [0, 0.1) is 22.7 Å². The van der Waals surface area contributed by atoms with Crippen molar-refractivity contribution in [3.63, 3.8) is 0 Å². The van der Waals surface area contributed by atoms with Crippen molar-refractivity contribution in [1.29, 1.82) is 0 Å². The molecule has 1 N–H and O–H groups in total. The van der Waals surface area contributed by atoms with E-state index in [0.29, 0.717) is 16.4 Å². The van der Waals surface area contributed by atoms with E-state index < -0.39 is 0 Å². The molecule has 5 fully saturated rings. The first kappa shape index (κ1) is 11.8. The highest BCUT2D eigenvalue weighted by atomic mass is 15.0. The third kappa shape index (κ3) is 1.94. The van der Waals surface area contributed by atoms with Gasteiger partial charge in [-0.15, -0.1) is 0 Å². The predicted molar refractivity (Wildman–Crippen MR) is 75.5 cm³/mol. The standard InChI is InChI=1S/C17H29N/c1-15-7-14-8-16(2,10-15)12-17(9-14,11-15)18-6-5-13-3-4-13/h13-14,18H,3-12H2,1-2H3. The molecular weight excluding hydrogens is 218 g/mol. The number of rotatable bonds is 4. The van der Waals surface area contributed by atoms with E-state index >= 15 is 0 Å². The van der Waals surface area contributed by atoms with Crippen LogP contribution in [0.15, 0.2) is 0 Å². The number of nitrogens with one attached hydrogen (secondary N) is 1. The largest absolute Gasteiger partial charge is 0.311 e. The molecule has 0 radical (unpaired) electrons. The minimum absolute atomic E-state index is 0.539. The highest BCUT2D eigenvalue weighted by Gasteiger charge is 2.59. The van der Waals surface area contributed by atoms with Crippen LogP contribution < -0.4 is 5.32 Å². The van der Waals surface area contributed by atoms with Gasteiger partial charge in [0.15, 0.2) is 0 Å². The predicted octanol–water partition coefficient (Wildman–Crippen LogP) is 4.13. The summed E-state index contributed by atoms with van der Waals surface area (Å²) < 4.78 is 0. The van der Waals surface area contributed by atoms with Gasteiger partial charge in [0.05, 0.1) is 0 Å². The van der Waals surface area contributed by atoms with Crippen LogP contribution in [0.4, 0.5) is 0 Å². The lowest BCUT2D eigenvalue weighted by atomic mass is 9.43. The Morgan fingerprint density at radius 1 is 0.944 bits per heavy atom. The topological polar surface area (TPSA) is 12.0 Å². The van der Waals surface area contributed by atoms with E-state index in [9.17, 15) is 0 Å². The lowest BCUT2D eigenvalue weighted by Gasteiger charge is -2.65. The summed E-state index contributed by atoms with van der Waals surface area (Å²) in [7, 11) is 0. The Labute approximate surface area is 112 Å². The van der Waals surface area contributed by atoms with Crippen LogP contribution >= 0.6 is 0 Å². The summed E-state index contributed by atoms with van der Waals surface area (Å²) in [5.74, 6) is 2.11. The highest BCUT2D eigenvalue weighted by Crippen LogP contribution is 2.66. The number of hydrogen-bond donors (Lipinski definition) is 1. The van der Waals surface area contributed by atoms with Crippen molar-refractivity contribution < 1.29 is 0 Å². The average molecular weight is 247 g/mol. The van der Waals surface area contributed by atoms with Crippen LogP contribution in [-0.4, -0.2) is 12.1 Å². The van der Waals surface area contributed by atoms with E-state index in [-0.39, 0.29) is 0 Å². The summed E-state index contributed by atoms with van der Waals surface area (Å²) in [4.78, 5) is 0. The molecule has 5 rings (SSSR count). The summed E-state index contributed by atoms with van der Waals surface area (Å²) in [5.41, 5.74) is 1.87. The first-order chi connectivity index (χ1) is 8.49. The van der Waals surface area contributed by atoms with E-state index in [4.69, 9.17) is 0 Å². The third-order valence-corrected chi connectivity index (χ3v) is 6.38. The minimum Gasteiger partial charge on any atom is -0.311 e. The van der Waals surface area contributed by atoms with Crippen molar-refractivity contribution in [3.05, 3.63) is 0 Å². The molecule has 0 amide bonds. The molecule has 4 bridgehead atoms. The molecule has 0 heterocycles. The fourth-order valence-electron chi connectivity index (χ4n) is 6.59. The van der Waals surface area contributed by atoms with Gasteiger partial charge in [-0.1, -0.05) is 26.7 Å². The summed E-state index contributed by atoms with van der Waals surface area (Å²) in [6, 6.07) is 0. The summed E-state index contributed by atoms with van der Waals surface area (Å²) >= 11 is 0. The van der Waals surface area contributed by atoms with Gasteiger partial charge in [0.25, 0.3) is 0 Å². The van der Waals surface area contributed by atoms with Crippen LogP contribution in [0.1, 0.15) is 71.6 Å². The molecule has 5 aliphatic rings. The van der Waals surface area contributed by atoms with Crippen LogP contribution in [0.3, 0.4) is 0 Å². The Kier molecular flexibility index (Phi) is 2.31. The van der Waals surface area contributed by atoms with Crippen LogP contribution in [0.25, 0.3) is 0 Å². The van der Waals surface area contributed by atoms with Crippen LogP contribution in [-0.2, 0) is 0 Å². The second-order valence-electron chi connectivity index (χ2n) is 9.07. The molecule has 0 saturated heterocycles. The lowest BCUT2D eigenvalue weighted by Crippen LogP contribution is -2.64. The summed E-state index contributed by atoms with van der Waals surface area (Å²) in [5, 5.41) is 4.05. The van der Waals surface area contributed by atoms with E-state index in [0.717, 1.165) is 11.8 Å². The molecule has 2 unspecified atom stereocenters. The normalized spacial score (nSPS) is 54.0. The Morgan fingerprint density at radius 2 is 1.61 bits per heavy atom. The zero-order chi connectivity index (χ0) is 12.4. The second-order valence-corrected chi connectivity index (χ2v) is 9.07.